The largest absolute Gasteiger partial charge is 0.416 e. The van der Waals surface area contributed by atoms with Crippen molar-refractivity contribution >= 4 is 6.21 Å². The summed E-state index contributed by atoms with van der Waals surface area (Å²) in [4.78, 5) is 0. The van der Waals surface area contributed by atoms with Gasteiger partial charge in [0.1, 0.15) is 0 Å². The minimum atomic E-state index is -4.33. The molecule has 0 saturated heterocycles. The molecule has 1 rings (SSSR count). The van der Waals surface area contributed by atoms with Crippen LogP contribution in [-0.4, -0.2) is 11.4 Å². The lowest BCUT2D eigenvalue weighted by atomic mass is 10.1. The molecule has 2 nitrogen and oxygen atoms in total. The van der Waals surface area contributed by atoms with Gasteiger partial charge in [-0.05, 0) is 30.2 Å². The molecule has 0 spiro atoms. The molecule has 5 heteroatoms. The van der Waals surface area contributed by atoms with Crippen LogP contribution in [0.25, 0.3) is 0 Å². The fraction of sp³-hybridized carbons (Fsp3) is 0.222. The Morgan fingerprint density at radius 1 is 1.36 bits per heavy atom. The standard InChI is InChI=1S/C9H8F3NO/c1-6-4-8(9(10,11)12)3-2-7(6)5-13-14/h2-5,14H,1H3/b13-5+. The quantitative estimate of drug-likeness (QED) is 0.425. The van der Waals surface area contributed by atoms with Crippen LogP contribution in [0.15, 0.2) is 23.4 Å². The number of benzene rings is 1. The molecule has 0 saturated carbocycles. The van der Waals surface area contributed by atoms with Crippen molar-refractivity contribution in [1.29, 1.82) is 0 Å². The lowest BCUT2D eigenvalue weighted by molar-refractivity contribution is -0.137. The molecular weight excluding hydrogens is 195 g/mol. The summed E-state index contributed by atoms with van der Waals surface area (Å²) in [5, 5.41) is 11.0. The van der Waals surface area contributed by atoms with Crippen molar-refractivity contribution in [3.05, 3.63) is 34.9 Å². The van der Waals surface area contributed by atoms with Crippen LogP contribution in [0.1, 0.15) is 16.7 Å². The number of hydrogen-bond donors (Lipinski definition) is 1. The number of aryl methyl sites for hydroxylation is 1. The van der Waals surface area contributed by atoms with E-state index in [-0.39, 0.29) is 0 Å². The maximum atomic E-state index is 12.2. The first kappa shape index (κ1) is 10.6. The van der Waals surface area contributed by atoms with Crippen LogP contribution in [0.3, 0.4) is 0 Å². The van der Waals surface area contributed by atoms with Gasteiger partial charge in [0.05, 0.1) is 11.8 Å². The van der Waals surface area contributed by atoms with Gasteiger partial charge in [0.2, 0.25) is 0 Å². The molecule has 0 aliphatic heterocycles. The smallest absolute Gasteiger partial charge is 0.411 e. The second-order valence-corrected chi connectivity index (χ2v) is 2.81. The number of halogens is 3. The molecule has 1 aromatic rings. The zero-order chi connectivity index (χ0) is 10.8. The predicted octanol–water partition coefficient (Wildman–Crippen LogP) is 2.82. The first-order valence-electron chi connectivity index (χ1n) is 3.80. The van der Waals surface area contributed by atoms with Crippen LogP contribution in [-0.2, 0) is 6.18 Å². The summed E-state index contributed by atoms with van der Waals surface area (Å²) in [6, 6.07) is 3.22. The Labute approximate surface area is 78.7 Å². The highest BCUT2D eigenvalue weighted by Crippen LogP contribution is 2.30. The summed E-state index contributed by atoms with van der Waals surface area (Å²) >= 11 is 0. The summed E-state index contributed by atoms with van der Waals surface area (Å²) in [5.41, 5.74) is 0.170. The van der Waals surface area contributed by atoms with E-state index in [2.05, 4.69) is 5.16 Å². The van der Waals surface area contributed by atoms with E-state index in [9.17, 15) is 13.2 Å². The molecular formula is C9H8F3NO. The molecule has 76 valence electrons. The summed E-state index contributed by atoms with van der Waals surface area (Å²) in [7, 11) is 0. The molecule has 0 bridgehead atoms. The van der Waals surface area contributed by atoms with Crippen molar-refractivity contribution in [1.82, 2.24) is 0 Å². The van der Waals surface area contributed by atoms with E-state index in [1.54, 1.807) is 0 Å². The monoisotopic (exact) mass is 203 g/mol. The normalized spacial score (nSPS) is 12.3. The van der Waals surface area contributed by atoms with Gasteiger partial charge >= 0.3 is 6.18 Å². The van der Waals surface area contributed by atoms with E-state index in [0.717, 1.165) is 18.3 Å². The third-order valence-electron chi connectivity index (χ3n) is 1.79. The SMILES string of the molecule is Cc1cc(C(F)(F)F)ccc1/C=N/O. The Balaban J connectivity index is 3.13. The van der Waals surface area contributed by atoms with Gasteiger partial charge in [0.25, 0.3) is 0 Å². The van der Waals surface area contributed by atoms with Crippen molar-refractivity contribution in [2.75, 3.05) is 0 Å². The number of hydrogen-bond acceptors (Lipinski definition) is 2. The minimum Gasteiger partial charge on any atom is -0.411 e. The number of alkyl halides is 3. The molecule has 0 aliphatic carbocycles. The Bertz CT molecular complexity index is 358. The van der Waals surface area contributed by atoms with Crippen LogP contribution < -0.4 is 0 Å². The lowest BCUT2D eigenvalue weighted by Crippen LogP contribution is -2.05. The molecule has 0 unspecified atom stereocenters. The van der Waals surface area contributed by atoms with E-state index >= 15 is 0 Å². The van der Waals surface area contributed by atoms with Crippen molar-refractivity contribution in [3.8, 4) is 0 Å². The van der Waals surface area contributed by atoms with Crippen LogP contribution in [0.4, 0.5) is 13.2 Å². The van der Waals surface area contributed by atoms with Crippen molar-refractivity contribution in [2.24, 2.45) is 5.16 Å². The van der Waals surface area contributed by atoms with E-state index in [4.69, 9.17) is 5.21 Å². The Morgan fingerprint density at radius 3 is 2.43 bits per heavy atom. The molecule has 14 heavy (non-hydrogen) atoms. The second kappa shape index (κ2) is 3.69. The third kappa shape index (κ3) is 2.25. The summed E-state index contributed by atoms with van der Waals surface area (Å²) in [6.07, 6.45) is -3.24. The van der Waals surface area contributed by atoms with E-state index < -0.39 is 11.7 Å². The van der Waals surface area contributed by atoms with Gasteiger partial charge in [-0.25, -0.2) is 0 Å². The average Bonchev–Trinajstić information content (AvgIpc) is 2.07. The predicted molar refractivity (Wildman–Crippen MR) is 45.6 cm³/mol. The fourth-order valence-electron chi connectivity index (χ4n) is 1.06. The molecule has 1 aromatic carbocycles. The van der Waals surface area contributed by atoms with Crippen LogP contribution in [0.2, 0.25) is 0 Å². The fourth-order valence-corrected chi connectivity index (χ4v) is 1.06. The minimum absolute atomic E-state index is 0.414. The summed E-state index contributed by atoms with van der Waals surface area (Å²) < 4.78 is 36.6. The van der Waals surface area contributed by atoms with Crippen LogP contribution >= 0.6 is 0 Å². The average molecular weight is 203 g/mol. The van der Waals surface area contributed by atoms with E-state index in [1.807, 2.05) is 0 Å². The molecule has 0 atom stereocenters. The molecule has 0 amide bonds. The molecule has 0 aromatic heterocycles. The van der Waals surface area contributed by atoms with Gasteiger partial charge in [-0.2, -0.15) is 13.2 Å². The molecule has 0 radical (unpaired) electrons. The van der Waals surface area contributed by atoms with Gasteiger partial charge in [0.15, 0.2) is 0 Å². The van der Waals surface area contributed by atoms with Gasteiger partial charge in [0, 0.05) is 0 Å². The van der Waals surface area contributed by atoms with Crippen molar-refractivity contribution < 1.29 is 18.4 Å². The first-order valence-corrected chi connectivity index (χ1v) is 3.80. The topological polar surface area (TPSA) is 32.6 Å². The number of oxime groups is 1. The third-order valence-corrected chi connectivity index (χ3v) is 1.79. The van der Waals surface area contributed by atoms with E-state index in [1.165, 1.54) is 13.0 Å². The van der Waals surface area contributed by atoms with Crippen LogP contribution in [0, 0.1) is 6.92 Å². The zero-order valence-electron chi connectivity index (χ0n) is 7.34. The highest BCUT2D eigenvalue weighted by Gasteiger charge is 2.30. The van der Waals surface area contributed by atoms with Gasteiger partial charge < -0.3 is 5.21 Å². The summed E-state index contributed by atoms with van der Waals surface area (Å²) in [6.45, 7) is 1.52. The van der Waals surface area contributed by atoms with Crippen LogP contribution in [0.5, 0.6) is 0 Å². The molecule has 0 heterocycles. The van der Waals surface area contributed by atoms with Gasteiger partial charge in [-0.15, -0.1) is 0 Å². The molecule has 0 fully saturated rings. The highest BCUT2D eigenvalue weighted by molar-refractivity contribution is 5.81. The Morgan fingerprint density at radius 2 is 2.00 bits per heavy atom. The number of nitrogens with zero attached hydrogens (tertiary/aromatic N) is 1. The lowest BCUT2D eigenvalue weighted by Gasteiger charge is -2.08. The maximum absolute atomic E-state index is 12.2. The van der Waals surface area contributed by atoms with Crippen molar-refractivity contribution in [3.63, 3.8) is 0 Å². The van der Waals surface area contributed by atoms with E-state index in [0.29, 0.717) is 11.1 Å². The number of rotatable bonds is 1. The summed E-state index contributed by atoms with van der Waals surface area (Å²) in [5.74, 6) is 0. The first-order chi connectivity index (χ1) is 6.45. The van der Waals surface area contributed by atoms with Gasteiger partial charge in [-0.3, -0.25) is 0 Å². The highest BCUT2D eigenvalue weighted by atomic mass is 19.4. The molecule has 1 N–H and O–H groups in total. The zero-order valence-corrected chi connectivity index (χ0v) is 7.34. The Hall–Kier alpha value is -1.52. The second-order valence-electron chi connectivity index (χ2n) is 2.81. The molecule has 0 aliphatic rings. The van der Waals surface area contributed by atoms with Crippen molar-refractivity contribution in [2.45, 2.75) is 13.1 Å². The maximum Gasteiger partial charge on any atom is 0.416 e. The Kier molecular flexibility index (Phi) is 2.78. The van der Waals surface area contributed by atoms with Gasteiger partial charge in [-0.1, -0.05) is 11.2 Å².